The van der Waals surface area contributed by atoms with Crippen molar-refractivity contribution in [3.63, 3.8) is 0 Å². The van der Waals surface area contributed by atoms with Gasteiger partial charge in [-0.05, 0) is 49.2 Å². The number of benzene rings is 3. The molecule has 0 atom stereocenters. The fraction of sp³-hybridized carbons (Fsp3) is 0.160. The van der Waals surface area contributed by atoms with Crippen LogP contribution in [0.1, 0.15) is 34.1 Å². The molecular formula is C25H21ClN2O4. The summed E-state index contributed by atoms with van der Waals surface area (Å²) >= 11 is 6.05. The van der Waals surface area contributed by atoms with E-state index < -0.39 is 10.9 Å². The zero-order chi connectivity index (χ0) is 22.8. The van der Waals surface area contributed by atoms with Gasteiger partial charge in [0.1, 0.15) is 11.4 Å². The van der Waals surface area contributed by atoms with E-state index in [0.29, 0.717) is 11.9 Å². The van der Waals surface area contributed by atoms with Crippen molar-refractivity contribution in [2.75, 3.05) is 6.61 Å². The highest BCUT2D eigenvalue weighted by Gasteiger charge is 2.28. The van der Waals surface area contributed by atoms with Crippen LogP contribution in [0.4, 0.5) is 5.69 Å². The molecule has 0 saturated carbocycles. The molecule has 0 unspecified atom stereocenters. The third kappa shape index (κ3) is 3.97. The van der Waals surface area contributed by atoms with Gasteiger partial charge in [0.15, 0.2) is 0 Å². The minimum Gasteiger partial charge on any atom is -0.461 e. The van der Waals surface area contributed by atoms with Crippen molar-refractivity contribution in [1.29, 1.82) is 0 Å². The van der Waals surface area contributed by atoms with Gasteiger partial charge in [-0.2, -0.15) is 0 Å². The molecule has 6 nitrogen and oxygen atoms in total. The predicted octanol–water partition coefficient (Wildman–Crippen LogP) is 6.27. The summed E-state index contributed by atoms with van der Waals surface area (Å²) in [7, 11) is 0. The Balaban J connectivity index is 2.10. The topological polar surface area (TPSA) is 74.4 Å². The molecule has 0 amide bonds. The summed E-state index contributed by atoms with van der Waals surface area (Å²) in [6.07, 6.45) is 0.476. The Labute approximate surface area is 190 Å². The predicted molar refractivity (Wildman–Crippen MR) is 125 cm³/mol. The molecule has 3 aromatic carbocycles. The number of aromatic nitrogens is 1. The monoisotopic (exact) mass is 448 g/mol. The van der Waals surface area contributed by atoms with Crippen molar-refractivity contribution in [2.45, 2.75) is 20.3 Å². The van der Waals surface area contributed by atoms with E-state index >= 15 is 0 Å². The number of nitro groups is 1. The van der Waals surface area contributed by atoms with Crippen molar-refractivity contribution < 1.29 is 14.5 Å². The fourth-order valence-electron chi connectivity index (χ4n) is 3.94. The summed E-state index contributed by atoms with van der Waals surface area (Å²) in [5.41, 5.74) is 3.84. The van der Waals surface area contributed by atoms with Crippen molar-refractivity contribution in [3.8, 4) is 5.69 Å². The summed E-state index contributed by atoms with van der Waals surface area (Å²) in [6.45, 7) is 3.89. The highest BCUT2D eigenvalue weighted by Crippen LogP contribution is 2.36. The number of nitrogens with zero attached hydrogens (tertiary/aromatic N) is 2. The van der Waals surface area contributed by atoms with Crippen LogP contribution >= 0.6 is 11.6 Å². The lowest BCUT2D eigenvalue weighted by molar-refractivity contribution is -0.384. The number of esters is 1. The standard InChI is InChI=1S/C25H21ClN2O4/c1-3-32-25(29)24-20(14-17-7-5-4-6-8-17)19-13-16(2)9-11-21(19)27(24)22-12-10-18(26)15-23(22)28(30)31/h4-13,15H,3,14H2,1-2H3. The van der Waals surface area contributed by atoms with E-state index in [0.717, 1.165) is 22.1 Å². The molecule has 0 aliphatic carbocycles. The van der Waals surface area contributed by atoms with Crippen LogP contribution in [0, 0.1) is 17.0 Å². The Hall–Kier alpha value is -3.64. The first-order valence-electron chi connectivity index (χ1n) is 10.2. The molecule has 32 heavy (non-hydrogen) atoms. The van der Waals surface area contributed by atoms with Crippen LogP contribution in [-0.2, 0) is 11.2 Å². The largest absolute Gasteiger partial charge is 0.461 e. The van der Waals surface area contributed by atoms with Crippen LogP contribution in [0.5, 0.6) is 0 Å². The first-order valence-corrected chi connectivity index (χ1v) is 10.6. The number of carbonyl (C=O) groups excluding carboxylic acids is 1. The maximum atomic E-state index is 13.2. The number of ether oxygens (including phenoxy) is 1. The van der Waals surface area contributed by atoms with Gasteiger partial charge in [-0.1, -0.05) is 53.6 Å². The summed E-state index contributed by atoms with van der Waals surface area (Å²) in [6, 6.07) is 20.0. The molecule has 162 valence electrons. The van der Waals surface area contributed by atoms with Gasteiger partial charge in [-0.15, -0.1) is 0 Å². The summed E-state index contributed by atoms with van der Waals surface area (Å²) in [5.74, 6) is -0.531. The number of fused-ring (bicyclic) bond motifs is 1. The zero-order valence-corrected chi connectivity index (χ0v) is 18.4. The van der Waals surface area contributed by atoms with Crippen LogP contribution in [-0.4, -0.2) is 22.1 Å². The molecule has 4 aromatic rings. The highest BCUT2D eigenvalue weighted by atomic mass is 35.5. The molecule has 4 rings (SSSR count). The molecule has 0 bridgehead atoms. The van der Waals surface area contributed by atoms with Crippen LogP contribution in [0.25, 0.3) is 16.6 Å². The van der Waals surface area contributed by atoms with Gasteiger partial charge in [-0.3, -0.25) is 14.7 Å². The van der Waals surface area contributed by atoms with Crippen LogP contribution in [0.2, 0.25) is 5.02 Å². The Morgan fingerprint density at radius 3 is 2.53 bits per heavy atom. The number of carbonyl (C=O) groups is 1. The number of halogens is 1. The molecule has 0 aliphatic rings. The second kappa shape index (κ2) is 8.85. The zero-order valence-electron chi connectivity index (χ0n) is 17.7. The van der Waals surface area contributed by atoms with Gasteiger partial charge in [-0.25, -0.2) is 4.79 Å². The van der Waals surface area contributed by atoms with E-state index in [4.69, 9.17) is 16.3 Å². The van der Waals surface area contributed by atoms with E-state index in [2.05, 4.69) is 0 Å². The highest BCUT2D eigenvalue weighted by molar-refractivity contribution is 6.30. The van der Waals surface area contributed by atoms with Gasteiger partial charge in [0.2, 0.25) is 0 Å². The normalized spacial score (nSPS) is 11.0. The molecule has 0 fully saturated rings. The van der Waals surface area contributed by atoms with Crippen LogP contribution in [0.3, 0.4) is 0 Å². The number of hydrogen-bond acceptors (Lipinski definition) is 4. The first kappa shape index (κ1) is 21.6. The van der Waals surface area contributed by atoms with E-state index in [9.17, 15) is 14.9 Å². The molecule has 0 spiro atoms. The average Bonchev–Trinajstić information content (AvgIpc) is 3.07. The third-order valence-electron chi connectivity index (χ3n) is 5.30. The lowest BCUT2D eigenvalue weighted by Crippen LogP contribution is -2.14. The maximum absolute atomic E-state index is 13.2. The quantitative estimate of drug-likeness (QED) is 0.198. The summed E-state index contributed by atoms with van der Waals surface area (Å²) in [4.78, 5) is 24.6. The second-order valence-corrected chi connectivity index (χ2v) is 7.89. The third-order valence-corrected chi connectivity index (χ3v) is 5.53. The molecule has 0 aliphatic heterocycles. The SMILES string of the molecule is CCOC(=O)c1c(Cc2ccccc2)c2cc(C)ccc2n1-c1ccc(Cl)cc1[N+](=O)[O-]. The van der Waals surface area contributed by atoms with E-state index in [1.165, 1.54) is 6.07 Å². The Morgan fingerprint density at radius 1 is 1.09 bits per heavy atom. The lowest BCUT2D eigenvalue weighted by atomic mass is 10.0. The minimum absolute atomic E-state index is 0.187. The Kier molecular flexibility index (Phi) is 5.97. The van der Waals surface area contributed by atoms with Crippen molar-refractivity contribution in [3.05, 3.63) is 104 Å². The lowest BCUT2D eigenvalue weighted by Gasteiger charge is -2.12. The molecule has 1 aromatic heterocycles. The fourth-order valence-corrected chi connectivity index (χ4v) is 4.11. The number of rotatable bonds is 6. The van der Waals surface area contributed by atoms with Gasteiger partial charge < -0.3 is 4.74 Å². The van der Waals surface area contributed by atoms with Crippen molar-refractivity contribution >= 4 is 34.2 Å². The summed E-state index contributed by atoms with van der Waals surface area (Å²) < 4.78 is 7.02. The molecular weight excluding hydrogens is 428 g/mol. The van der Waals surface area contributed by atoms with Gasteiger partial charge in [0, 0.05) is 22.9 Å². The van der Waals surface area contributed by atoms with Crippen molar-refractivity contribution in [1.82, 2.24) is 4.57 Å². The van der Waals surface area contributed by atoms with Gasteiger partial charge >= 0.3 is 5.97 Å². The maximum Gasteiger partial charge on any atom is 0.355 e. The second-order valence-electron chi connectivity index (χ2n) is 7.46. The van der Waals surface area contributed by atoms with E-state index in [1.807, 2.05) is 55.5 Å². The molecule has 7 heteroatoms. The van der Waals surface area contributed by atoms with Crippen LogP contribution < -0.4 is 0 Å². The van der Waals surface area contributed by atoms with Crippen molar-refractivity contribution in [2.24, 2.45) is 0 Å². The number of hydrogen-bond donors (Lipinski definition) is 0. The number of nitro benzene ring substituents is 1. The number of aryl methyl sites for hydroxylation is 1. The Bertz CT molecular complexity index is 1330. The smallest absolute Gasteiger partial charge is 0.355 e. The minimum atomic E-state index is -0.531. The van der Waals surface area contributed by atoms with E-state index in [1.54, 1.807) is 23.6 Å². The molecule has 1 heterocycles. The molecule has 0 saturated heterocycles. The molecule has 0 N–H and O–H groups in total. The summed E-state index contributed by atoms with van der Waals surface area (Å²) in [5, 5.41) is 13.0. The molecule has 0 radical (unpaired) electrons. The van der Waals surface area contributed by atoms with Gasteiger partial charge in [0.05, 0.1) is 17.0 Å². The Morgan fingerprint density at radius 2 is 1.84 bits per heavy atom. The van der Waals surface area contributed by atoms with E-state index in [-0.39, 0.29) is 28.7 Å². The average molecular weight is 449 g/mol. The van der Waals surface area contributed by atoms with Crippen LogP contribution in [0.15, 0.2) is 66.7 Å². The van der Waals surface area contributed by atoms with Gasteiger partial charge in [0.25, 0.3) is 5.69 Å². The first-order chi connectivity index (χ1) is 15.4.